The Morgan fingerprint density at radius 1 is 1.70 bits per heavy atom. The maximum atomic E-state index is 12.6. The number of hydrogen-bond acceptors (Lipinski definition) is 2. The molecule has 3 heteroatoms. The third-order valence-corrected chi connectivity index (χ3v) is 1.05. The first kappa shape index (κ1) is 6.74. The Labute approximate surface area is 57.7 Å². The Morgan fingerprint density at radius 3 is 2.90 bits per heavy atom. The van der Waals surface area contributed by atoms with Crippen molar-refractivity contribution >= 4 is 6.08 Å². The number of pyridine rings is 1. The number of rotatable bonds is 1. The predicted octanol–water partition coefficient (Wildman–Crippen LogP) is 1.57. The topological polar surface area (TPSA) is 33.1 Å². The molecule has 0 bridgehead atoms. The molecule has 0 aromatic carbocycles. The first-order valence-corrected chi connectivity index (χ1v) is 2.71. The summed E-state index contributed by atoms with van der Waals surface area (Å²) in [5.74, 6) is -0.738. The summed E-state index contributed by atoms with van der Waals surface area (Å²) in [6.07, 6.45) is 2.45. The third kappa shape index (κ3) is 1.13. The predicted molar refractivity (Wildman–Crippen MR) is 36.0 cm³/mol. The summed E-state index contributed by atoms with van der Waals surface area (Å²) in [5, 5.41) is 8.70. The van der Waals surface area contributed by atoms with E-state index in [-0.39, 0.29) is 11.4 Å². The fraction of sp³-hybridized carbons (Fsp3) is 0. The van der Waals surface area contributed by atoms with Crippen molar-refractivity contribution in [3.8, 4) is 5.75 Å². The van der Waals surface area contributed by atoms with Crippen LogP contribution in [0.1, 0.15) is 5.69 Å². The van der Waals surface area contributed by atoms with Crippen molar-refractivity contribution in [1.29, 1.82) is 0 Å². The highest BCUT2D eigenvalue weighted by atomic mass is 19.1. The summed E-state index contributed by atoms with van der Waals surface area (Å²) in [7, 11) is 0. The summed E-state index contributed by atoms with van der Waals surface area (Å²) in [4.78, 5) is 3.55. The van der Waals surface area contributed by atoms with E-state index < -0.39 is 5.82 Å². The van der Waals surface area contributed by atoms with Crippen LogP contribution in [0.4, 0.5) is 4.39 Å². The Bertz CT molecular complexity index is 260. The zero-order valence-corrected chi connectivity index (χ0v) is 5.21. The normalized spacial score (nSPS) is 9.30. The Balaban J connectivity index is 3.19. The number of aromatic hydroxyl groups is 1. The van der Waals surface area contributed by atoms with Gasteiger partial charge in [-0.3, -0.25) is 0 Å². The van der Waals surface area contributed by atoms with Gasteiger partial charge in [-0.1, -0.05) is 6.58 Å². The molecule has 0 fully saturated rings. The molecule has 0 aliphatic heterocycles. The molecule has 0 radical (unpaired) electrons. The van der Waals surface area contributed by atoms with Crippen molar-refractivity contribution in [2.75, 3.05) is 0 Å². The second-order valence-corrected chi connectivity index (χ2v) is 1.76. The van der Waals surface area contributed by atoms with Crippen molar-refractivity contribution in [3.05, 3.63) is 30.4 Å². The van der Waals surface area contributed by atoms with E-state index >= 15 is 0 Å². The van der Waals surface area contributed by atoms with Crippen LogP contribution < -0.4 is 0 Å². The molecular formula is C7H6FNO. The number of hydrogen-bond donors (Lipinski definition) is 1. The average molecular weight is 139 g/mol. The lowest BCUT2D eigenvalue weighted by Crippen LogP contribution is -1.84. The highest BCUT2D eigenvalue weighted by Gasteiger charge is 1.98. The van der Waals surface area contributed by atoms with Crippen LogP contribution in [0.15, 0.2) is 18.8 Å². The molecular weight excluding hydrogens is 133 g/mol. The molecule has 1 aromatic heterocycles. The highest BCUT2D eigenvalue weighted by Crippen LogP contribution is 2.11. The van der Waals surface area contributed by atoms with Gasteiger partial charge >= 0.3 is 0 Å². The molecule has 1 N–H and O–H groups in total. The van der Waals surface area contributed by atoms with Gasteiger partial charge in [-0.15, -0.1) is 0 Å². The van der Waals surface area contributed by atoms with Gasteiger partial charge < -0.3 is 5.11 Å². The van der Waals surface area contributed by atoms with Gasteiger partial charge in [0.2, 0.25) is 0 Å². The number of nitrogens with zero attached hydrogens (tertiary/aromatic N) is 1. The number of halogens is 1. The van der Waals surface area contributed by atoms with Crippen LogP contribution in [0.5, 0.6) is 5.75 Å². The molecule has 1 heterocycles. The first-order chi connectivity index (χ1) is 4.74. The second kappa shape index (κ2) is 2.47. The fourth-order valence-electron chi connectivity index (χ4n) is 0.589. The van der Waals surface area contributed by atoms with Crippen LogP contribution in [0, 0.1) is 5.82 Å². The summed E-state index contributed by atoms with van der Waals surface area (Å²) < 4.78 is 12.6. The minimum atomic E-state index is -0.560. The molecule has 1 aromatic rings. The summed E-state index contributed by atoms with van der Waals surface area (Å²) in [6, 6.07) is 0.990. The lowest BCUT2D eigenvalue weighted by molar-refractivity contribution is 0.465. The monoisotopic (exact) mass is 139 g/mol. The minimum absolute atomic E-state index is 0.151. The van der Waals surface area contributed by atoms with E-state index in [1.165, 1.54) is 12.3 Å². The van der Waals surface area contributed by atoms with E-state index in [1.54, 1.807) is 0 Å². The van der Waals surface area contributed by atoms with Crippen LogP contribution in [-0.2, 0) is 0 Å². The van der Waals surface area contributed by atoms with Crippen LogP contribution in [0.2, 0.25) is 0 Å². The molecule has 0 saturated carbocycles. The molecule has 52 valence electrons. The molecule has 0 spiro atoms. The van der Waals surface area contributed by atoms with Crippen molar-refractivity contribution in [3.63, 3.8) is 0 Å². The molecule has 0 atom stereocenters. The first-order valence-electron chi connectivity index (χ1n) is 2.71. The second-order valence-electron chi connectivity index (χ2n) is 1.76. The standard InChI is InChI=1S/C7H6FNO/c1-2-7-6(8)3-5(10)4-9-7/h2-4,10H,1H2. The average Bonchev–Trinajstić information content (AvgIpc) is 1.88. The smallest absolute Gasteiger partial charge is 0.152 e. The van der Waals surface area contributed by atoms with Gasteiger partial charge in [-0.25, -0.2) is 9.37 Å². The summed E-state index contributed by atoms with van der Waals surface area (Å²) in [6.45, 7) is 3.34. The molecule has 2 nitrogen and oxygen atoms in total. The van der Waals surface area contributed by atoms with Gasteiger partial charge in [-0.2, -0.15) is 0 Å². The lowest BCUT2D eigenvalue weighted by atomic mass is 10.3. The zero-order chi connectivity index (χ0) is 7.56. The summed E-state index contributed by atoms with van der Waals surface area (Å²) in [5.41, 5.74) is 0.151. The highest BCUT2D eigenvalue weighted by molar-refractivity contribution is 5.43. The van der Waals surface area contributed by atoms with Crippen molar-refractivity contribution < 1.29 is 9.50 Å². The van der Waals surface area contributed by atoms with E-state index in [0.29, 0.717) is 0 Å². The molecule has 0 aliphatic carbocycles. The van der Waals surface area contributed by atoms with Gasteiger partial charge in [0.1, 0.15) is 5.75 Å². The maximum Gasteiger partial charge on any atom is 0.152 e. The van der Waals surface area contributed by atoms with Crippen LogP contribution in [0.3, 0.4) is 0 Å². The van der Waals surface area contributed by atoms with E-state index in [0.717, 1.165) is 6.07 Å². The van der Waals surface area contributed by atoms with Gasteiger partial charge in [-0.05, 0) is 6.08 Å². The molecule has 0 saturated heterocycles. The SMILES string of the molecule is C=Cc1ncc(O)cc1F. The zero-order valence-electron chi connectivity index (χ0n) is 5.21. The Kier molecular flexibility index (Phi) is 1.67. The lowest BCUT2D eigenvalue weighted by Gasteiger charge is -1.94. The van der Waals surface area contributed by atoms with E-state index in [4.69, 9.17) is 5.11 Å². The van der Waals surface area contributed by atoms with Gasteiger partial charge in [0.05, 0.1) is 11.9 Å². The Morgan fingerprint density at radius 2 is 2.40 bits per heavy atom. The fourth-order valence-corrected chi connectivity index (χ4v) is 0.589. The minimum Gasteiger partial charge on any atom is -0.506 e. The Hall–Kier alpha value is -1.38. The molecule has 0 amide bonds. The molecule has 0 unspecified atom stereocenters. The van der Waals surface area contributed by atoms with E-state index in [2.05, 4.69) is 11.6 Å². The summed E-state index contributed by atoms with van der Waals surface area (Å²) >= 11 is 0. The van der Waals surface area contributed by atoms with Crippen LogP contribution in [-0.4, -0.2) is 10.1 Å². The quantitative estimate of drug-likeness (QED) is 0.640. The van der Waals surface area contributed by atoms with E-state index in [1.807, 2.05) is 0 Å². The van der Waals surface area contributed by atoms with Gasteiger partial charge in [0, 0.05) is 6.07 Å². The van der Waals surface area contributed by atoms with E-state index in [9.17, 15) is 4.39 Å². The molecule has 10 heavy (non-hydrogen) atoms. The van der Waals surface area contributed by atoms with Crippen molar-refractivity contribution in [2.24, 2.45) is 0 Å². The van der Waals surface area contributed by atoms with Gasteiger partial charge in [0.25, 0.3) is 0 Å². The van der Waals surface area contributed by atoms with Crippen LogP contribution in [0.25, 0.3) is 6.08 Å². The van der Waals surface area contributed by atoms with Crippen molar-refractivity contribution in [1.82, 2.24) is 4.98 Å². The third-order valence-electron chi connectivity index (χ3n) is 1.05. The molecule has 1 rings (SSSR count). The molecule has 0 aliphatic rings. The van der Waals surface area contributed by atoms with Gasteiger partial charge in [0.15, 0.2) is 5.82 Å². The van der Waals surface area contributed by atoms with Crippen LogP contribution >= 0.6 is 0 Å². The van der Waals surface area contributed by atoms with Crippen molar-refractivity contribution in [2.45, 2.75) is 0 Å². The largest absolute Gasteiger partial charge is 0.506 e. The maximum absolute atomic E-state index is 12.6. The number of aromatic nitrogens is 1.